The van der Waals surface area contributed by atoms with Gasteiger partial charge in [-0.25, -0.2) is 8.78 Å². The zero-order chi connectivity index (χ0) is 10.0. The van der Waals surface area contributed by atoms with Gasteiger partial charge in [-0.2, -0.15) is 0 Å². The molecule has 0 aliphatic rings. The number of carbonyl (C=O) groups is 1. The van der Waals surface area contributed by atoms with Crippen molar-refractivity contribution in [2.75, 3.05) is 0 Å². The molecule has 0 aliphatic carbocycles. The Morgan fingerprint density at radius 3 is 2.15 bits per heavy atom. The number of hydrogen-bond acceptors (Lipinski definition) is 2. The van der Waals surface area contributed by atoms with Crippen LogP contribution in [0.5, 0.6) is 5.75 Å². The van der Waals surface area contributed by atoms with E-state index in [0.29, 0.717) is 12.1 Å². The summed E-state index contributed by atoms with van der Waals surface area (Å²) in [5.41, 5.74) is -0.551. The van der Waals surface area contributed by atoms with Gasteiger partial charge < -0.3 is 10.2 Å². The van der Waals surface area contributed by atoms with Crippen LogP contribution in [0.15, 0.2) is 12.1 Å². The fraction of sp³-hybridized carbons (Fsp3) is 0.125. The van der Waals surface area contributed by atoms with E-state index in [1.165, 1.54) is 0 Å². The van der Waals surface area contributed by atoms with Gasteiger partial charge in [0.15, 0.2) is 0 Å². The highest BCUT2D eigenvalue weighted by molar-refractivity contribution is 5.70. The molecular formula is C8H6F2O3. The number of aromatic hydroxyl groups is 1. The maximum absolute atomic E-state index is 12.8. The predicted octanol–water partition coefficient (Wildman–Crippen LogP) is 1.30. The predicted molar refractivity (Wildman–Crippen MR) is 39.4 cm³/mol. The van der Waals surface area contributed by atoms with E-state index >= 15 is 0 Å². The summed E-state index contributed by atoms with van der Waals surface area (Å²) in [4.78, 5) is 10.2. The van der Waals surface area contributed by atoms with Crippen LogP contribution >= 0.6 is 0 Å². The Morgan fingerprint density at radius 2 is 1.77 bits per heavy atom. The second-order valence-corrected chi connectivity index (χ2v) is 2.46. The van der Waals surface area contributed by atoms with Gasteiger partial charge in [0, 0.05) is 17.7 Å². The van der Waals surface area contributed by atoms with Crippen LogP contribution in [0.25, 0.3) is 0 Å². The van der Waals surface area contributed by atoms with Gasteiger partial charge in [0.1, 0.15) is 17.4 Å². The van der Waals surface area contributed by atoms with Crippen LogP contribution in [0.3, 0.4) is 0 Å². The van der Waals surface area contributed by atoms with Gasteiger partial charge in [-0.15, -0.1) is 0 Å². The molecule has 0 spiro atoms. The summed E-state index contributed by atoms with van der Waals surface area (Å²) < 4.78 is 25.6. The highest BCUT2D eigenvalue weighted by atomic mass is 19.1. The molecular weight excluding hydrogens is 182 g/mol. The minimum atomic E-state index is -1.33. The smallest absolute Gasteiger partial charge is 0.308 e. The van der Waals surface area contributed by atoms with Gasteiger partial charge in [-0.1, -0.05) is 0 Å². The highest BCUT2D eigenvalue weighted by Crippen LogP contribution is 2.19. The summed E-state index contributed by atoms with van der Waals surface area (Å²) in [6.45, 7) is 0. The van der Waals surface area contributed by atoms with Gasteiger partial charge in [0.2, 0.25) is 0 Å². The number of halogens is 2. The average molecular weight is 188 g/mol. The Morgan fingerprint density at radius 1 is 1.31 bits per heavy atom. The molecule has 0 aromatic heterocycles. The van der Waals surface area contributed by atoms with Crippen LogP contribution in [0, 0.1) is 11.6 Å². The van der Waals surface area contributed by atoms with Crippen LogP contribution in [0.2, 0.25) is 0 Å². The Labute approximate surface area is 72.2 Å². The number of rotatable bonds is 2. The fourth-order valence-corrected chi connectivity index (χ4v) is 0.910. The lowest BCUT2D eigenvalue weighted by Gasteiger charge is -2.02. The average Bonchev–Trinajstić information content (AvgIpc) is 1.96. The summed E-state index contributed by atoms with van der Waals surface area (Å²) in [6.07, 6.45) is -0.738. The monoisotopic (exact) mass is 188 g/mol. The van der Waals surface area contributed by atoms with Crippen molar-refractivity contribution in [3.8, 4) is 5.75 Å². The number of phenolic OH excluding ortho intramolecular Hbond substituents is 1. The number of carboxylic acid groups (broad SMARTS) is 1. The quantitative estimate of drug-likeness (QED) is 0.735. The molecule has 0 unspecified atom stereocenters. The minimum Gasteiger partial charge on any atom is -0.508 e. The van der Waals surface area contributed by atoms with E-state index in [-0.39, 0.29) is 0 Å². The summed E-state index contributed by atoms with van der Waals surface area (Å²) >= 11 is 0. The standard InChI is InChI=1S/C8H6F2O3/c9-6-1-4(11)2-7(10)5(6)3-8(12)13/h1-2,11H,3H2,(H,12,13). The fourth-order valence-electron chi connectivity index (χ4n) is 0.910. The zero-order valence-corrected chi connectivity index (χ0v) is 6.42. The van der Waals surface area contributed by atoms with E-state index in [4.69, 9.17) is 10.2 Å². The van der Waals surface area contributed by atoms with E-state index in [1.54, 1.807) is 0 Å². The molecule has 0 amide bonds. The van der Waals surface area contributed by atoms with Crippen LogP contribution < -0.4 is 0 Å². The topological polar surface area (TPSA) is 57.5 Å². The first-order valence-electron chi connectivity index (χ1n) is 3.39. The molecule has 0 atom stereocenters. The molecule has 0 bridgehead atoms. The van der Waals surface area contributed by atoms with Gasteiger partial charge in [-0.3, -0.25) is 4.79 Å². The second-order valence-electron chi connectivity index (χ2n) is 2.46. The number of aliphatic carboxylic acids is 1. The van der Waals surface area contributed by atoms with Crippen molar-refractivity contribution in [3.63, 3.8) is 0 Å². The van der Waals surface area contributed by atoms with Crippen LogP contribution in [0.1, 0.15) is 5.56 Å². The summed E-state index contributed by atoms with van der Waals surface area (Å²) in [5, 5.41) is 17.0. The largest absolute Gasteiger partial charge is 0.508 e. The number of hydrogen-bond donors (Lipinski definition) is 2. The maximum atomic E-state index is 12.8. The molecule has 1 aromatic rings. The van der Waals surface area contributed by atoms with Gasteiger partial charge in [0.25, 0.3) is 0 Å². The molecule has 1 rings (SSSR count). The van der Waals surface area contributed by atoms with Crippen molar-refractivity contribution in [1.82, 2.24) is 0 Å². The molecule has 0 heterocycles. The van der Waals surface area contributed by atoms with Gasteiger partial charge in [0.05, 0.1) is 6.42 Å². The number of phenols is 1. The van der Waals surface area contributed by atoms with Crippen molar-refractivity contribution in [1.29, 1.82) is 0 Å². The normalized spacial score (nSPS) is 10.0. The maximum Gasteiger partial charge on any atom is 0.308 e. The molecule has 5 heteroatoms. The number of benzene rings is 1. The molecule has 13 heavy (non-hydrogen) atoms. The molecule has 0 aliphatic heterocycles. The SMILES string of the molecule is O=C(O)Cc1c(F)cc(O)cc1F. The van der Waals surface area contributed by atoms with Crippen LogP contribution in [-0.2, 0) is 11.2 Å². The van der Waals surface area contributed by atoms with Crippen molar-refractivity contribution >= 4 is 5.97 Å². The second kappa shape index (κ2) is 3.38. The van der Waals surface area contributed by atoms with E-state index < -0.39 is 35.3 Å². The van der Waals surface area contributed by atoms with Crippen molar-refractivity contribution < 1.29 is 23.8 Å². The van der Waals surface area contributed by atoms with Crippen molar-refractivity contribution in [2.45, 2.75) is 6.42 Å². The lowest BCUT2D eigenvalue weighted by molar-refractivity contribution is -0.136. The van der Waals surface area contributed by atoms with Crippen molar-refractivity contribution in [2.24, 2.45) is 0 Å². The molecule has 70 valence electrons. The first-order valence-corrected chi connectivity index (χ1v) is 3.39. The Bertz CT molecular complexity index is 326. The third kappa shape index (κ3) is 2.14. The highest BCUT2D eigenvalue weighted by Gasteiger charge is 2.13. The molecule has 0 radical (unpaired) electrons. The van der Waals surface area contributed by atoms with Gasteiger partial charge in [-0.05, 0) is 0 Å². The van der Waals surface area contributed by atoms with Gasteiger partial charge >= 0.3 is 5.97 Å². The Hall–Kier alpha value is -1.65. The first-order chi connectivity index (χ1) is 6.00. The van der Waals surface area contributed by atoms with E-state index in [0.717, 1.165) is 0 Å². The third-order valence-electron chi connectivity index (χ3n) is 1.45. The third-order valence-corrected chi connectivity index (χ3v) is 1.45. The lowest BCUT2D eigenvalue weighted by atomic mass is 10.1. The Kier molecular flexibility index (Phi) is 2.46. The molecule has 3 nitrogen and oxygen atoms in total. The minimum absolute atomic E-state index is 0.551. The van der Waals surface area contributed by atoms with Crippen molar-refractivity contribution in [3.05, 3.63) is 29.3 Å². The lowest BCUT2D eigenvalue weighted by Crippen LogP contribution is -2.05. The summed E-state index contributed by atoms with van der Waals surface area (Å²) in [5.74, 6) is -4.01. The van der Waals surface area contributed by atoms with Crippen LogP contribution in [0.4, 0.5) is 8.78 Å². The molecule has 2 N–H and O–H groups in total. The van der Waals surface area contributed by atoms with E-state index in [9.17, 15) is 13.6 Å². The van der Waals surface area contributed by atoms with E-state index in [1.807, 2.05) is 0 Å². The molecule has 0 saturated carbocycles. The molecule has 0 saturated heterocycles. The summed E-state index contributed by atoms with van der Waals surface area (Å²) in [6, 6.07) is 1.34. The van der Waals surface area contributed by atoms with Crippen LogP contribution in [-0.4, -0.2) is 16.2 Å². The molecule has 0 fully saturated rings. The first kappa shape index (κ1) is 9.44. The molecule has 1 aromatic carbocycles. The summed E-state index contributed by atoms with van der Waals surface area (Å²) in [7, 11) is 0. The zero-order valence-electron chi connectivity index (χ0n) is 6.42. The van der Waals surface area contributed by atoms with E-state index in [2.05, 4.69) is 0 Å². The Balaban J connectivity index is 3.13. The number of carboxylic acids is 1.